The molecule has 4 rings (SSSR count). The van der Waals surface area contributed by atoms with Crippen molar-refractivity contribution in [1.82, 2.24) is 20.1 Å². The van der Waals surface area contributed by atoms with Crippen LogP contribution in [-0.2, 0) is 11.3 Å². The maximum atomic E-state index is 14.0. The summed E-state index contributed by atoms with van der Waals surface area (Å²) in [7, 11) is 0. The highest BCUT2D eigenvalue weighted by molar-refractivity contribution is 6.07. The highest BCUT2D eigenvalue weighted by atomic mass is 16.2. The lowest BCUT2D eigenvalue weighted by Gasteiger charge is -2.38. The largest absolute Gasteiger partial charge is 0.345 e. The summed E-state index contributed by atoms with van der Waals surface area (Å²) in [6.45, 7) is 13.5. The molecule has 0 unspecified atom stereocenters. The van der Waals surface area contributed by atoms with Gasteiger partial charge in [0.15, 0.2) is 0 Å². The zero-order chi connectivity index (χ0) is 23.6. The minimum absolute atomic E-state index is 0.0889. The van der Waals surface area contributed by atoms with Crippen LogP contribution in [-0.4, -0.2) is 71.4 Å². The van der Waals surface area contributed by atoms with Gasteiger partial charge in [-0.05, 0) is 56.3 Å². The number of rotatable bonds is 7. The molecule has 2 aliphatic heterocycles. The molecule has 1 aromatic carbocycles. The monoisotopic (exact) mass is 449 g/mol. The first-order valence-corrected chi connectivity index (χ1v) is 11.9. The van der Waals surface area contributed by atoms with Crippen LogP contribution in [0.1, 0.15) is 42.3 Å². The summed E-state index contributed by atoms with van der Waals surface area (Å²) in [6.07, 6.45) is 3.68. The van der Waals surface area contributed by atoms with Crippen LogP contribution in [0, 0.1) is 12.8 Å². The van der Waals surface area contributed by atoms with Gasteiger partial charge in [-0.2, -0.15) is 0 Å². The predicted molar refractivity (Wildman–Crippen MR) is 130 cm³/mol. The lowest BCUT2D eigenvalue weighted by atomic mass is 9.86. The van der Waals surface area contributed by atoms with E-state index in [4.69, 9.17) is 0 Å². The van der Waals surface area contributed by atoms with Crippen LogP contribution in [0.25, 0.3) is 0 Å². The van der Waals surface area contributed by atoms with Gasteiger partial charge in [-0.25, -0.2) is 0 Å². The highest BCUT2D eigenvalue weighted by Gasteiger charge is 2.50. The number of nitrogens with zero attached hydrogens (tertiary/aromatic N) is 4. The molecule has 2 amide bonds. The molecule has 1 fully saturated rings. The van der Waals surface area contributed by atoms with Crippen molar-refractivity contribution in [2.45, 2.75) is 39.8 Å². The van der Waals surface area contributed by atoms with Gasteiger partial charge in [0.2, 0.25) is 5.91 Å². The third kappa shape index (κ3) is 4.66. The molecule has 0 saturated carbocycles. The third-order valence-electron chi connectivity index (χ3n) is 7.23. The average molecular weight is 450 g/mol. The Morgan fingerprint density at radius 3 is 2.67 bits per heavy atom. The number of carbonyl (C=O) groups is 2. The quantitative estimate of drug-likeness (QED) is 0.704. The lowest BCUT2D eigenvalue weighted by molar-refractivity contribution is -0.123. The van der Waals surface area contributed by atoms with E-state index in [2.05, 4.69) is 40.9 Å². The predicted octanol–water partition coefficient (Wildman–Crippen LogP) is 2.70. The zero-order valence-electron chi connectivity index (χ0n) is 20.2. The molecular weight excluding hydrogens is 414 g/mol. The van der Waals surface area contributed by atoms with E-state index in [9.17, 15) is 9.59 Å². The molecule has 176 valence electrons. The Morgan fingerprint density at radius 2 is 1.94 bits per heavy atom. The Bertz CT molecular complexity index is 1020. The molecule has 0 spiro atoms. The van der Waals surface area contributed by atoms with E-state index >= 15 is 0 Å². The summed E-state index contributed by atoms with van der Waals surface area (Å²) in [5.74, 6) is -0.333. The Morgan fingerprint density at radius 1 is 1.18 bits per heavy atom. The minimum atomic E-state index is -0.629. The van der Waals surface area contributed by atoms with Crippen LogP contribution in [0.4, 0.5) is 5.69 Å². The molecule has 0 radical (unpaired) electrons. The molecule has 3 heterocycles. The minimum Gasteiger partial charge on any atom is -0.345 e. The molecule has 1 N–H and O–H groups in total. The van der Waals surface area contributed by atoms with Crippen LogP contribution in [0.2, 0.25) is 0 Å². The first kappa shape index (κ1) is 23.4. The van der Waals surface area contributed by atoms with Gasteiger partial charge in [0.1, 0.15) is 0 Å². The molecule has 33 heavy (non-hydrogen) atoms. The van der Waals surface area contributed by atoms with Gasteiger partial charge in [-0.3, -0.25) is 19.5 Å². The Kier molecular flexibility index (Phi) is 6.81. The number of fused-ring (bicyclic) bond motifs is 2. The standard InChI is InChI=1S/C26H35N5O2/c1-5-29(6-2)13-14-31-23-10-8-7-9-21(23)24(32)28-26(4)18-30(17-22(26)25(31)33)16-20-11-12-27-15-19(20)3/h7-12,15,22H,5-6,13-14,16-18H2,1-4H3,(H,28,32)/t22-,26-/m0/s1. The number of nitrogens with one attached hydrogen (secondary N) is 1. The van der Waals surface area contributed by atoms with Crippen LogP contribution in [0.3, 0.4) is 0 Å². The second-order valence-corrected chi connectivity index (χ2v) is 9.43. The smallest absolute Gasteiger partial charge is 0.253 e. The topological polar surface area (TPSA) is 68.8 Å². The average Bonchev–Trinajstić information content (AvgIpc) is 3.12. The van der Waals surface area contributed by atoms with Crippen molar-refractivity contribution < 1.29 is 9.59 Å². The SMILES string of the molecule is CCN(CC)CCN1C(=O)[C@@H]2CN(Cc3ccncc3C)C[C@]2(C)NC(=O)c2ccccc21. The summed E-state index contributed by atoms with van der Waals surface area (Å²) in [6, 6.07) is 9.51. The normalized spacial score (nSPS) is 23.2. The van der Waals surface area contributed by atoms with E-state index in [1.165, 1.54) is 5.56 Å². The fraction of sp³-hybridized carbons (Fsp3) is 0.500. The summed E-state index contributed by atoms with van der Waals surface area (Å²) in [5, 5.41) is 3.23. The number of para-hydroxylation sites is 1. The van der Waals surface area contributed by atoms with Crippen LogP contribution < -0.4 is 10.2 Å². The van der Waals surface area contributed by atoms with Crippen molar-refractivity contribution in [3.63, 3.8) is 0 Å². The molecule has 0 bridgehead atoms. The number of pyridine rings is 1. The molecule has 2 aromatic rings. The summed E-state index contributed by atoms with van der Waals surface area (Å²) in [5.41, 5.74) is 2.97. The molecule has 1 saturated heterocycles. The van der Waals surface area contributed by atoms with Gasteiger partial charge in [0.05, 0.1) is 22.7 Å². The number of likely N-dealkylation sites (tertiary alicyclic amines) is 1. The van der Waals surface area contributed by atoms with E-state index in [0.29, 0.717) is 30.9 Å². The van der Waals surface area contributed by atoms with Crippen LogP contribution >= 0.6 is 0 Å². The number of aromatic nitrogens is 1. The first-order chi connectivity index (χ1) is 15.9. The Hall–Kier alpha value is -2.77. The second kappa shape index (κ2) is 9.61. The molecule has 7 heteroatoms. The number of anilines is 1. The fourth-order valence-corrected chi connectivity index (χ4v) is 5.16. The van der Waals surface area contributed by atoms with Crippen LogP contribution in [0.15, 0.2) is 42.7 Å². The lowest BCUT2D eigenvalue weighted by Crippen LogP contribution is -2.59. The highest BCUT2D eigenvalue weighted by Crippen LogP contribution is 2.35. The summed E-state index contributed by atoms with van der Waals surface area (Å²) < 4.78 is 0. The number of carbonyl (C=O) groups excluding carboxylic acids is 2. The Balaban J connectivity index is 1.66. The van der Waals surface area contributed by atoms with E-state index in [1.807, 2.05) is 54.5 Å². The molecule has 1 aromatic heterocycles. The van der Waals surface area contributed by atoms with Gasteiger partial charge >= 0.3 is 0 Å². The van der Waals surface area contributed by atoms with Crippen molar-refractivity contribution in [3.05, 3.63) is 59.4 Å². The maximum Gasteiger partial charge on any atom is 0.253 e. The van der Waals surface area contributed by atoms with Gasteiger partial charge in [0.25, 0.3) is 5.91 Å². The van der Waals surface area contributed by atoms with Gasteiger partial charge in [-0.1, -0.05) is 26.0 Å². The molecule has 2 atom stereocenters. The van der Waals surface area contributed by atoms with Gasteiger partial charge < -0.3 is 15.1 Å². The zero-order valence-corrected chi connectivity index (χ0v) is 20.2. The fourth-order valence-electron chi connectivity index (χ4n) is 5.16. The molecule has 7 nitrogen and oxygen atoms in total. The van der Waals surface area contributed by atoms with Crippen molar-refractivity contribution in [2.75, 3.05) is 44.2 Å². The maximum absolute atomic E-state index is 14.0. The Labute approximate surface area is 196 Å². The number of benzene rings is 1. The molecular formula is C26H35N5O2. The molecule has 0 aliphatic carbocycles. The number of likely N-dealkylation sites (N-methyl/N-ethyl adjacent to an activating group) is 1. The number of aryl methyl sites for hydroxylation is 1. The van der Waals surface area contributed by atoms with Crippen molar-refractivity contribution in [1.29, 1.82) is 0 Å². The number of amides is 2. The second-order valence-electron chi connectivity index (χ2n) is 9.43. The number of hydrogen-bond donors (Lipinski definition) is 1. The van der Waals surface area contributed by atoms with Crippen LogP contribution in [0.5, 0.6) is 0 Å². The van der Waals surface area contributed by atoms with Crippen molar-refractivity contribution >= 4 is 17.5 Å². The van der Waals surface area contributed by atoms with E-state index in [1.54, 1.807) is 0 Å². The summed E-state index contributed by atoms with van der Waals surface area (Å²) >= 11 is 0. The first-order valence-electron chi connectivity index (χ1n) is 11.9. The van der Waals surface area contributed by atoms with E-state index < -0.39 is 5.54 Å². The van der Waals surface area contributed by atoms with Crippen molar-refractivity contribution in [2.24, 2.45) is 5.92 Å². The third-order valence-corrected chi connectivity index (χ3v) is 7.23. The van der Waals surface area contributed by atoms with Crippen molar-refractivity contribution in [3.8, 4) is 0 Å². The van der Waals surface area contributed by atoms with E-state index in [0.717, 1.165) is 31.7 Å². The number of hydrogen-bond acceptors (Lipinski definition) is 5. The van der Waals surface area contributed by atoms with Gasteiger partial charge in [-0.15, -0.1) is 0 Å². The summed E-state index contributed by atoms with van der Waals surface area (Å²) in [4.78, 5) is 38.0. The molecule has 2 aliphatic rings. The van der Waals surface area contributed by atoms with E-state index in [-0.39, 0.29) is 17.7 Å². The van der Waals surface area contributed by atoms with Gasteiger partial charge in [0, 0.05) is 45.1 Å².